The lowest BCUT2D eigenvalue weighted by molar-refractivity contribution is 0.414. The number of hydrogen-bond acceptors (Lipinski definition) is 1. The van der Waals surface area contributed by atoms with Gasteiger partial charge in [-0.25, -0.2) is 0 Å². The van der Waals surface area contributed by atoms with Crippen LogP contribution in [0.4, 0.5) is 0 Å². The molecule has 0 saturated carbocycles. The number of hydrogen-bond donors (Lipinski definition) is 0. The Bertz CT molecular complexity index is 701. The molecule has 0 saturated heterocycles. The molecular formula is C18H16O. The maximum atomic E-state index is 5.26. The fourth-order valence-corrected chi connectivity index (χ4v) is 2.37. The molecule has 0 aliphatic carbocycles. The van der Waals surface area contributed by atoms with Gasteiger partial charge in [0.1, 0.15) is 5.75 Å². The van der Waals surface area contributed by atoms with E-state index in [9.17, 15) is 0 Å². The van der Waals surface area contributed by atoms with Gasteiger partial charge >= 0.3 is 0 Å². The first-order chi connectivity index (χ1) is 9.35. The van der Waals surface area contributed by atoms with E-state index in [0.29, 0.717) is 0 Å². The summed E-state index contributed by atoms with van der Waals surface area (Å²) in [6.45, 7) is 0. The molecule has 0 aliphatic heterocycles. The van der Waals surface area contributed by atoms with Crippen molar-refractivity contribution >= 4 is 10.8 Å². The summed E-state index contributed by atoms with van der Waals surface area (Å²) in [5, 5.41) is 2.58. The van der Waals surface area contributed by atoms with Gasteiger partial charge in [0.25, 0.3) is 0 Å². The van der Waals surface area contributed by atoms with Crippen molar-refractivity contribution in [2.24, 2.45) is 0 Å². The van der Waals surface area contributed by atoms with Crippen molar-refractivity contribution in [3.63, 3.8) is 0 Å². The zero-order chi connectivity index (χ0) is 13.1. The highest BCUT2D eigenvalue weighted by molar-refractivity contribution is 5.83. The van der Waals surface area contributed by atoms with Gasteiger partial charge in [0, 0.05) is 0 Å². The van der Waals surface area contributed by atoms with Gasteiger partial charge in [-0.2, -0.15) is 0 Å². The van der Waals surface area contributed by atoms with Gasteiger partial charge in [0.05, 0.1) is 7.11 Å². The van der Waals surface area contributed by atoms with E-state index in [1.807, 2.05) is 12.1 Å². The van der Waals surface area contributed by atoms with E-state index in [1.165, 1.54) is 21.9 Å². The highest BCUT2D eigenvalue weighted by Gasteiger charge is 2.00. The molecule has 3 aromatic rings. The third kappa shape index (κ3) is 2.60. The van der Waals surface area contributed by atoms with Gasteiger partial charge in [-0.15, -0.1) is 0 Å². The fourth-order valence-electron chi connectivity index (χ4n) is 2.37. The predicted molar refractivity (Wildman–Crippen MR) is 79.7 cm³/mol. The van der Waals surface area contributed by atoms with Crippen LogP contribution in [0, 0.1) is 0 Å². The second kappa shape index (κ2) is 5.15. The largest absolute Gasteiger partial charge is 0.497 e. The van der Waals surface area contributed by atoms with Gasteiger partial charge in [0.15, 0.2) is 0 Å². The Kier molecular flexibility index (Phi) is 3.20. The van der Waals surface area contributed by atoms with Gasteiger partial charge in [-0.05, 0) is 40.5 Å². The molecule has 0 bridgehead atoms. The molecule has 0 spiro atoms. The second-order valence-corrected chi connectivity index (χ2v) is 4.71. The van der Waals surface area contributed by atoms with Gasteiger partial charge in [-0.3, -0.25) is 0 Å². The molecule has 0 heterocycles. The van der Waals surface area contributed by atoms with E-state index in [2.05, 4.69) is 54.6 Å². The smallest absolute Gasteiger partial charge is 0.119 e. The monoisotopic (exact) mass is 248 g/mol. The number of rotatable bonds is 3. The SMILES string of the molecule is COc1cccc(Cc2ccc3ccccc3c2)c1. The van der Waals surface area contributed by atoms with Crippen molar-refractivity contribution in [2.75, 3.05) is 7.11 Å². The number of benzene rings is 3. The molecule has 0 aromatic heterocycles. The summed E-state index contributed by atoms with van der Waals surface area (Å²) in [4.78, 5) is 0. The molecule has 0 amide bonds. The van der Waals surface area contributed by atoms with Crippen molar-refractivity contribution in [3.05, 3.63) is 77.9 Å². The zero-order valence-corrected chi connectivity index (χ0v) is 11.0. The minimum absolute atomic E-state index is 0.915. The van der Waals surface area contributed by atoms with Gasteiger partial charge in [0.2, 0.25) is 0 Å². The normalized spacial score (nSPS) is 10.6. The predicted octanol–water partition coefficient (Wildman–Crippen LogP) is 4.44. The first-order valence-electron chi connectivity index (χ1n) is 6.46. The van der Waals surface area contributed by atoms with Crippen LogP contribution in [0.3, 0.4) is 0 Å². The average molecular weight is 248 g/mol. The average Bonchev–Trinajstić information content (AvgIpc) is 2.47. The van der Waals surface area contributed by atoms with Crippen molar-refractivity contribution in [1.82, 2.24) is 0 Å². The van der Waals surface area contributed by atoms with Crippen LogP contribution in [0.2, 0.25) is 0 Å². The van der Waals surface area contributed by atoms with E-state index in [1.54, 1.807) is 7.11 Å². The first-order valence-corrected chi connectivity index (χ1v) is 6.46. The van der Waals surface area contributed by atoms with Crippen molar-refractivity contribution in [2.45, 2.75) is 6.42 Å². The summed E-state index contributed by atoms with van der Waals surface area (Å²) in [6, 6.07) is 23.3. The Morgan fingerprint density at radius 2 is 1.53 bits per heavy atom. The van der Waals surface area contributed by atoms with Crippen LogP contribution in [-0.4, -0.2) is 7.11 Å². The van der Waals surface area contributed by atoms with Crippen molar-refractivity contribution in [3.8, 4) is 5.75 Å². The molecule has 1 nitrogen and oxygen atoms in total. The van der Waals surface area contributed by atoms with Crippen molar-refractivity contribution in [1.29, 1.82) is 0 Å². The lowest BCUT2D eigenvalue weighted by atomic mass is 10.0. The summed E-state index contributed by atoms with van der Waals surface area (Å²) in [6.07, 6.45) is 0.933. The van der Waals surface area contributed by atoms with E-state index >= 15 is 0 Å². The standard InChI is InChI=1S/C18H16O/c1-19-18-8-4-5-14(13-18)11-15-9-10-16-6-2-3-7-17(16)12-15/h2-10,12-13H,11H2,1H3. The maximum absolute atomic E-state index is 5.26. The number of ether oxygens (including phenoxy) is 1. The molecule has 0 aliphatic rings. The first kappa shape index (κ1) is 11.8. The quantitative estimate of drug-likeness (QED) is 0.666. The summed E-state index contributed by atoms with van der Waals surface area (Å²) in [5.74, 6) is 0.915. The van der Waals surface area contributed by atoms with Crippen LogP contribution < -0.4 is 4.74 Å². The Balaban J connectivity index is 1.92. The van der Waals surface area contributed by atoms with Crippen LogP contribution in [0.15, 0.2) is 66.7 Å². The maximum Gasteiger partial charge on any atom is 0.119 e. The summed E-state index contributed by atoms with van der Waals surface area (Å²) >= 11 is 0. The van der Waals surface area contributed by atoms with E-state index in [4.69, 9.17) is 4.74 Å². The molecule has 0 atom stereocenters. The van der Waals surface area contributed by atoms with Crippen LogP contribution in [-0.2, 0) is 6.42 Å². The third-order valence-corrected chi connectivity index (χ3v) is 3.36. The fraction of sp³-hybridized carbons (Fsp3) is 0.111. The molecule has 0 unspecified atom stereocenters. The topological polar surface area (TPSA) is 9.23 Å². The zero-order valence-electron chi connectivity index (χ0n) is 11.0. The molecule has 1 heteroatoms. The summed E-state index contributed by atoms with van der Waals surface area (Å²) < 4.78 is 5.26. The Labute approximate surface area is 113 Å². The highest BCUT2D eigenvalue weighted by Crippen LogP contribution is 2.20. The van der Waals surface area contributed by atoms with Crippen LogP contribution >= 0.6 is 0 Å². The van der Waals surface area contributed by atoms with E-state index in [0.717, 1.165) is 12.2 Å². The van der Waals surface area contributed by atoms with Gasteiger partial charge < -0.3 is 4.74 Å². The molecule has 19 heavy (non-hydrogen) atoms. The lowest BCUT2D eigenvalue weighted by Gasteiger charge is -2.06. The molecule has 3 aromatic carbocycles. The molecule has 0 N–H and O–H groups in total. The Morgan fingerprint density at radius 1 is 0.737 bits per heavy atom. The molecule has 0 fully saturated rings. The molecule has 94 valence electrons. The third-order valence-electron chi connectivity index (χ3n) is 3.36. The minimum Gasteiger partial charge on any atom is -0.497 e. The molecule has 0 radical (unpaired) electrons. The molecular weight excluding hydrogens is 232 g/mol. The highest BCUT2D eigenvalue weighted by atomic mass is 16.5. The molecule has 3 rings (SSSR count). The Hall–Kier alpha value is -2.28. The van der Waals surface area contributed by atoms with Crippen LogP contribution in [0.25, 0.3) is 10.8 Å². The van der Waals surface area contributed by atoms with Gasteiger partial charge in [-0.1, -0.05) is 54.6 Å². The van der Waals surface area contributed by atoms with Crippen LogP contribution in [0.1, 0.15) is 11.1 Å². The van der Waals surface area contributed by atoms with Crippen molar-refractivity contribution < 1.29 is 4.74 Å². The lowest BCUT2D eigenvalue weighted by Crippen LogP contribution is -1.90. The minimum atomic E-state index is 0.915. The number of methoxy groups -OCH3 is 1. The summed E-state index contributed by atoms with van der Waals surface area (Å²) in [7, 11) is 1.70. The van der Waals surface area contributed by atoms with E-state index in [-0.39, 0.29) is 0 Å². The Morgan fingerprint density at radius 3 is 2.37 bits per heavy atom. The number of fused-ring (bicyclic) bond motifs is 1. The van der Waals surface area contributed by atoms with E-state index < -0.39 is 0 Å². The second-order valence-electron chi connectivity index (χ2n) is 4.71. The van der Waals surface area contributed by atoms with Crippen LogP contribution in [0.5, 0.6) is 5.75 Å². The summed E-state index contributed by atoms with van der Waals surface area (Å²) in [5.41, 5.74) is 2.60.